The molecule has 0 unspecified atom stereocenters. The number of benzene rings is 1. The van der Waals surface area contributed by atoms with Crippen LogP contribution in [0.5, 0.6) is 0 Å². The predicted molar refractivity (Wildman–Crippen MR) is 64.4 cm³/mol. The van der Waals surface area contributed by atoms with Crippen LogP contribution in [0.4, 0.5) is 0 Å². The van der Waals surface area contributed by atoms with Crippen LogP contribution >= 0.6 is 0 Å². The van der Waals surface area contributed by atoms with Crippen LogP contribution in [0.25, 0.3) is 0 Å². The van der Waals surface area contributed by atoms with Crippen molar-refractivity contribution in [2.75, 3.05) is 0 Å². The van der Waals surface area contributed by atoms with Gasteiger partial charge in [-0.1, -0.05) is 29.8 Å². The monoisotopic (exact) mass is 212 g/mol. The fraction of sp³-hybridized carbons (Fsp3) is 0.400. The van der Waals surface area contributed by atoms with Crippen LogP contribution in [0.1, 0.15) is 43.2 Å². The molecule has 3 rings (SSSR count). The molecule has 1 aromatic carbocycles. The molecule has 82 valence electrons. The lowest BCUT2D eigenvalue weighted by Crippen LogP contribution is -1.98. The highest BCUT2D eigenvalue weighted by Gasteiger charge is 2.30. The summed E-state index contributed by atoms with van der Waals surface area (Å²) in [5, 5.41) is 0. The first-order chi connectivity index (χ1) is 7.77. The number of hydrogen-bond acceptors (Lipinski definition) is 1. The first-order valence-corrected chi connectivity index (χ1v) is 6.08. The molecule has 0 bridgehead atoms. The van der Waals surface area contributed by atoms with Crippen LogP contribution in [-0.2, 0) is 11.2 Å². The van der Waals surface area contributed by atoms with Crippen molar-refractivity contribution in [2.45, 2.75) is 38.5 Å². The van der Waals surface area contributed by atoms with E-state index in [0.29, 0.717) is 11.7 Å². The van der Waals surface area contributed by atoms with Crippen LogP contribution < -0.4 is 0 Å². The Kier molecular flexibility index (Phi) is 2.20. The summed E-state index contributed by atoms with van der Waals surface area (Å²) < 4.78 is 0. The van der Waals surface area contributed by atoms with Crippen molar-refractivity contribution in [3.05, 3.63) is 46.5 Å². The highest BCUT2D eigenvalue weighted by atomic mass is 16.1. The van der Waals surface area contributed by atoms with E-state index in [1.807, 2.05) is 6.92 Å². The average molecular weight is 212 g/mol. The fourth-order valence-corrected chi connectivity index (χ4v) is 3.16. The minimum Gasteiger partial charge on any atom is -0.295 e. The third kappa shape index (κ3) is 1.35. The maximum Gasteiger partial charge on any atom is 0.158 e. The van der Waals surface area contributed by atoms with Crippen molar-refractivity contribution in [2.24, 2.45) is 0 Å². The number of Topliss-reactive ketones (excluding diaryl/α,β-unsaturated/α-hetero) is 1. The molecular weight excluding hydrogens is 196 g/mol. The van der Waals surface area contributed by atoms with Crippen LogP contribution in [-0.4, -0.2) is 5.78 Å². The first kappa shape index (κ1) is 9.83. The van der Waals surface area contributed by atoms with E-state index in [0.717, 1.165) is 18.4 Å². The number of carbonyl (C=O) groups excluding carboxylic acids is 1. The van der Waals surface area contributed by atoms with Crippen LogP contribution in [0.2, 0.25) is 0 Å². The van der Waals surface area contributed by atoms with E-state index in [2.05, 4.69) is 24.3 Å². The molecule has 0 aliphatic heterocycles. The van der Waals surface area contributed by atoms with E-state index < -0.39 is 0 Å². The summed E-state index contributed by atoms with van der Waals surface area (Å²) in [5.41, 5.74) is 5.40. The predicted octanol–water partition coefficient (Wildman–Crippen LogP) is 3.40. The van der Waals surface area contributed by atoms with Crippen LogP contribution in [0.15, 0.2) is 35.4 Å². The SMILES string of the molecule is CC1=C([C@H]2CCc3ccccc32)CCC1=O. The largest absolute Gasteiger partial charge is 0.295 e. The first-order valence-electron chi connectivity index (χ1n) is 6.08. The molecule has 1 nitrogen and oxygen atoms in total. The summed E-state index contributed by atoms with van der Waals surface area (Å²) in [7, 11) is 0. The molecule has 2 aliphatic carbocycles. The zero-order valence-corrected chi connectivity index (χ0v) is 9.62. The normalized spacial score (nSPS) is 24.1. The second kappa shape index (κ2) is 3.58. The smallest absolute Gasteiger partial charge is 0.158 e. The molecule has 0 amide bonds. The van der Waals surface area contributed by atoms with Gasteiger partial charge in [-0.15, -0.1) is 0 Å². The summed E-state index contributed by atoms with van der Waals surface area (Å²) in [6.07, 6.45) is 4.09. The van der Waals surface area contributed by atoms with E-state index in [-0.39, 0.29) is 0 Å². The molecule has 1 aromatic rings. The maximum atomic E-state index is 11.6. The lowest BCUT2D eigenvalue weighted by atomic mass is 9.90. The number of allylic oxidation sites excluding steroid dienone is 2. The zero-order chi connectivity index (χ0) is 11.1. The van der Waals surface area contributed by atoms with Crippen LogP contribution in [0, 0.1) is 0 Å². The summed E-state index contributed by atoms with van der Waals surface area (Å²) in [5.74, 6) is 0.891. The molecule has 0 saturated heterocycles. The molecule has 1 atom stereocenters. The minimum atomic E-state index is 0.361. The topological polar surface area (TPSA) is 17.1 Å². The third-order valence-corrected chi connectivity index (χ3v) is 4.07. The maximum absolute atomic E-state index is 11.6. The average Bonchev–Trinajstić information content (AvgIpc) is 2.85. The van der Waals surface area contributed by atoms with E-state index in [9.17, 15) is 4.79 Å². The quantitative estimate of drug-likeness (QED) is 0.697. The Labute approximate surface area is 96.2 Å². The molecule has 0 radical (unpaired) electrons. The molecule has 16 heavy (non-hydrogen) atoms. The van der Waals surface area contributed by atoms with Crippen LogP contribution in [0.3, 0.4) is 0 Å². The van der Waals surface area contributed by atoms with E-state index >= 15 is 0 Å². The van der Waals surface area contributed by atoms with Gasteiger partial charge >= 0.3 is 0 Å². The Morgan fingerprint density at radius 3 is 2.69 bits per heavy atom. The molecule has 2 aliphatic rings. The van der Waals surface area contributed by atoms with E-state index in [1.165, 1.54) is 29.5 Å². The number of aryl methyl sites for hydroxylation is 1. The number of carbonyl (C=O) groups is 1. The van der Waals surface area contributed by atoms with Gasteiger partial charge in [0, 0.05) is 12.3 Å². The van der Waals surface area contributed by atoms with Gasteiger partial charge in [-0.25, -0.2) is 0 Å². The van der Waals surface area contributed by atoms with Gasteiger partial charge < -0.3 is 0 Å². The Morgan fingerprint density at radius 2 is 1.94 bits per heavy atom. The van der Waals surface area contributed by atoms with Gasteiger partial charge in [0.1, 0.15) is 0 Å². The van der Waals surface area contributed by atoms with Gasteiger partial charge in [-0.3, -0.25) is 4.79 Å². The Bertz CT molecular complexity index is 482. The molecule has 0 heterocycles. The number of rotatable bonds is 1. The molecule has 1 heteroatoms. The second-order valence-corrected chi connectivity index (χ2v) is 4.86. The molecule has 0 aromatic heterocycles. The second-order valence-electron chi connectivity index (χ2n) is 4.86. The summed E-state index contributed by atoms with van der Waals surface area (Å²) in [6.45, 7) is 2.01. The highest BCUT2D eigenvalue weighted by molar-refractivity contribution is 5.98. The molecule has 0 fully saturated rings. The van der Waals surface area contributed by atoms with Crippen molar-refractivity contribution in [3.63, 3.8) is 0 Å². The fourth-order valence-electron chi connectivity index (χ4n) is 3.16. The van der Waals surface area contributed by atoms with Gasteiger partial charge in [-0.05, 0) is 42.9 Å². The van der Waals surface area contributed by atoms with Crippen molar-refractivity contribution in [3.8, 4) is 0 Å². The van der Waals surface area contributed by atoms with Gasteiger partial charge in [0.2, 0.25) is 0 Å². The summed E-state index contributed by atoms with van der Waals surface area (Å²) in [6, 6.07) is 8.68. The molecule has 0 saturated carbocycles. The molecule has 0 spiro atoms. The highest BCUT2D eigenvalue weighted by Crippen LogP contribution is 2.43. The number of hydrogen-bond donors (Lipinski definition) is 0. The van der Waals surface area contributed by atoms with Gasteiger partial charge in [0.05, 0.1) is 0 Å². The lowest BCUT2D eigenvalue weighted by Gasteiger charge is -2.13. The van der Waals surface area contributed by atoms with Gasteiger partial charge in [-0.2, -0.15) is 0 Å². The van der Waals surface area contributed by atoms with Gasteiger partial charge in [0.25, 0.3) is 0 Å². The van der Waals surface area contributed by atoms with E-state index in [1.54, 1.807) is 0 Å². The van der Waals surface area contributed by atoms with Crippen molar-refractivity contribution >= 4 is 5.78 Å². The lowest BCUT2D eigenvalue weighted by molar-refractivity contribution is -0.114. The Morgan fingerprint density at radius 1 is 1.12 bits per heavy atom. The third-order valence-electron chi connectivity index (χ3n) is 4.07. The number of fused-ring (bicyclic) bond motifs is 1. The Balaban J connectivity index is 2.03. The van der Waals surface area contributed by atoms with Gasteiger partial charge in [0.15, 0.2) is 5.78 Å². The summed E-state index contributed by atoms with van der Waals surface area (Å²) >= 11 is 0. The van der Waals surface area contributed by atoms with Crippen molar-refractivity contribution in [1.29, 1.82) is 0 Å². The van der Waals surface area contributed by atoms with Crippen molar-refractivity contribution in [1.82, 2.24) is 0 Å². The number of ketones is 1. The standard InChI is InChI=1S/C15H16O/c1-10-12(8-9-15(10)16)14-7-6-11-4-2-3-5-13(11)14/h2-5,14H,6-9H2,1H3/t14-/m1/s1. The van der Waals surface area contributed by atoms with E-state index in [4.69, 9.17) is 0 Å². The minimum absolute atomic E-state index is 0.361. The molecule has 0 N–H and O–H groups in total. The molecular formula is C15H16O. The summed E-state index contributed by atoms with van der Waals surface area (Å²) in [4.78, 5) is 11.6. The Hall–Kier alpha value is -1.37. The zero-order valence-electron chi connectivity index (χ0n) is 9.62. The van der Waals surface area contributed by atoms with Crippen molar-refractivity contribution < 1.29 is 4.79 Å².